The summed E-state index contributed by atoms with van der Waals surface area (Å²) in [6, 6.07) is 0. The average Bonchev–Trinajstić information content (AvgIpc) is 1.61. The molecule has 0 heterocycles. The topological polar surface area (TPSA) is 0 Å². The van der Waals surface area contributed by atoms with E-state index in [-0.39, 0.29) is 0 Å². The van der Waals surface area contributed by atoms with E-state index in [2.05, 4.69) is 29.4 Å². The van der Waals surface area contributed by atoms with Crippen LogP contribution in [0.15, 0.2) is 0 Å². The van der Waals surface area contributed by atoms with Gasteiger partial charge in [0.05, 0.1) is 0 Å². The van der Waals surface area contributed by atoms with Crippen LogP contribution in [0.2, 0.25) is 0 Å². The summed E-state index contributed by atoms with van der Waals surface area (Å²) < 4.78 is 1.43. The van der Waals surface area contributed by atoms with Crippen molar-refractivity contribution in [2.75, 3.05) is 0 Å². The summed E-state index contributed by atoms with van der Waals surface area (Å²) in [5, 5.41) is 0. The van der Waals surface area contributed by atoms with E-state index in [9.17, 15) is 0 Å². The van der Waals surface area contributed by atoms with E-state index in [1.54, 1.807) is 0 Å². The fourth-order valence-corrected chi connectivity index (χ4v) is 0.729. The predicted octanol–water partition coefficient (Wildman–Crippen LogP) is 1.54. The van der Waals surface area contributed by atoms with Crippen molar-refractivity contribution in [1.82, 2.24) is 0 Å². The second-order valence-corrected chi connectivity index (χ2v) is 3.27. The van der Waals surface area contributed by atoms with Gasteiger partial charge in [0.1, 0.15) is 0 Å². The van der Waals surface area contributed by atoms with Crippen LogP contribution in [0.4, 0.5) is 0 Å². The molecule has 42 valence electrons. The van der Waals surface area contributed by atoms with E-state index in [1.165, 1.54) is 23.7 Å². The second-order valence-electron chi connectivity index (χ2n) is 1.81. The van der Waals surface area contributed by atoms with E-state index in [1.807, 2.05) is 0 Å². The van der Waals surface area contributed by atoms with Crippen LogP contribution >= 0.6 is 0 Å². The standard InChI is InChI=1S/C6H12Se/c1-3-4-5-6(2)7/h3-5H2,1-2H3. The molecule has 0 fully saturated rings. The first-order valence-electron chi connectivity index (χ1n) is 2.76. The van der Waals surface area contributed by atoms with Gasteiger partial charge in [-0.2, -0.15) is 0 Å². The van der Waals surface area contributed by atoms with Crippen molar-refractivity contribution in [3.8, 4) is 0 Å². The van der Waals surface area contributed by atoms with Crippen molar-refractivity contribution in [2.45, 2.75) is 33.1 Å². The van der Waals surface area contributed by atoms with Crippen LogP contribution in [0.25, 0.3) is 0 Å². The summed E-state index contributed by atoms with van der Waals surface area (Å²) >= 11 is 2.99. The summed E-state index contributed by atoms with van der Waals surface area (Å²) in [7, 11) is 0. The first-order valence-corrected chi connectivity index (χ1v) is 3.62. The zero-order valence-corrected chi connectivity index (χ0v) is 6.74. The molecular formula is C6H12Se. The van der Waals surface area contributed by atoms with Gasteiger partial charge in [0.15, 0.2) is 0 Å². The number of hydrogen-bond donors (Lipinski definition) is 0. The first kappa shape index (κ1) is 7.39. The minimum atomic E-state index is 1.26. The van der Waals surface area contributed by atoms with E-state index in [4.69, 9.17) is 0 Å². The van der Waals surface area contributed by atoms with E-state index >= 15 is 0 Å². The third-order valence-corrected chi connectivity index (χ3v) is 1.31. The van der Waals surface area contributed by atoms with Crippen LogP contribution in [-0.4, -0.2) is 20.0 Å². The van der Waals surface area contributed by atoms with Crippen LogP contribution in [-0.2, 0) is 0 Å². The molecule has 0 aliphatic heterocycles. The summed E-state index contributed by atoms with van der Waals surface area (Å²) in [4.78, 5) is 0. The van der Waals surface area contributed by atoms with Crippen molar-refractivity contribution in [2.24, 2.45) is 0 Å². The molecular weight excluding hydrogens is 151 g/mol. The van der Waals surface area contributed by atoms with Crippen LogP contribution < -0.4 is 0 Å². The van der Waals surface area contributed by atoms with Gasteiger partial charge in [-0.3, -0.25) is 0 Å². The van der Waals surface area contributed by atoms with Gasteiger partial charge in [-0.1, -0.05) is 0 Å². The minimum absolute atomic E-state index is 1.26. The Bertz CT molecular complexity index is 57.2. The molecule has 0 atom stereocenters. The average molecular weight is 163 g/mol. The predicted molar refractivity (Wildman–Crippen MR) is 36.0 cm³/mol. The molecule has 0 radical (unpaired) electrons. The fourth-order valence-electron chi connectivity index (χ4n) is 0.426. The zero-order chi connectivity index (χ0) is 5.70. The Kier molecular flexibility index (Phi) is 4.80. The summed E-state index contributed by atoms with van der Waals surface area (Å²) in [5.41, 5.74) is 0. The molecule has 0 spiro atoms. The van der Waals surface area contributed by atoms with Gasteiger partial charge in [-0.05, 0) is 0 Å². The van der Waals surface area contributed by atoms with Crippen LogP contribution in [0.3, 0.4) is 0 Å². The van der Waals surface area contributed by atoms with Crippen molar-refractivity contribution in [3.05, 3.63) is 0 Å². The molecule has 0 aromatic carbocycles. The SMILES string of the molecule is CCCCC(C)=[Se]. The Hall–Kier alpha value is 0.389. The molecule has 0 aromatic rings. The molecule has 0 rings (SSSR count). The van der Waals surface area contributed by atoms with Crippen molar-refractivity contribution in [3.63, 3.8) is 0 Å². The summed E-state index contributed by atoms with van der Waals surface area (Å²) in [6.07, 6.45) is 3.90. The van der Waals surface area contributed by atoms with Gasteiger partial charge in [-0.25, -0.2) is 0 Å². The quantitative estimate of drug-likeness (QED) is 0.553. The summed E-state index contributed by atoms with van der Waals surface area (Å²) in [6.45, 7) is 4.35. The van der Waals surface area contributed by atoms with Gasteiger partial charge in [0, 0.05) is 0 Å². The fraction of sp³-hybridized carbons (Fsp3) is 0.833. The van der Waals surface area contributed by atoms with Crippen molar-refractivity contribution in [1.29, 1.82) is 0 Å². The molecule has 0 aliphatic rings. The second kappa shape index (κ2) is 4.55. The van der Waals surface area contributed by atoms with Crippen molar-refractivity contribution >= 4 is 20.0 Å². The van der Waals surface area contributed by atoms with E-state index in [0.717, 1.165) is 0 Å². The van der Waals surface area contributed by atoms with E-state index < -0.39 is 0 Å². The normalized spacial score (nSPS) is 8.86. The van der Waals surface area contributed by atoms with E-state index in [0.29, 0.717) is 0 Å². The van der Waals surface area contributed by atoms with Crippen LogP contribution in [0, 0.1) is 0 Å². The Balaban J connectivity index is 2.82. The van der Waals surface area contributed by atoms with Gasteiger partial charge in [-0.15, -0.1) is 0 Å². The third-order valence-electron chi connectivity index (χ3n) is 0.882. The van der Waals surface area contributed by atoms with Crippen LogP contribution in [0.5, 0.6) is 0 Å². The van der Waals surface area contributed by atoms with Gasteiger partial charge in [0.25, 0.3) is 0 Å². The van der Waals surface area contributed by atoms with Crippen molar-refractivity contribution < 1.29 is 0 Å². The first-order chi connectivity index (χ1) is 3.27. The molecule has 0 unspecified atom stereocenters. The van der Waals surface area contributed by atoms with Gasteiger partial charge >= 0.3 is 53.1 Å². The molecule has 0 nitrogen and oxygen atoms in total. The molecule has 0 aromatic heterocycles. The molecule has 0 aliphatic carbocycles. The van der Waals surface area contributed by atoms with Gasteiger partial charge in [0.2, 0.25) is 0 Å². The molecule has 0 saturated carbocycles. The maximum atomic E-state index is 2.99. The zero-order valence-electron chi connectivity index (χ0n) is 5.03. The Morgan fingerprint density at radius 2 is 2.14 bits per heavy atom. The van der Waals surface area contributed by atoms with Crippen LogP contribution in [0.1, 0.15) is 33.1 Å². The number of rotatable bonds is 3. The molecule has 0 saturated heterocycles. The number of unbranched alkanes of at least 4 members (excludes halogenated alkanes) is 1. The Morgan fingerprint density at radius 3 is 2.29 bits per heavy atom. The molecule has 0 N–H and O–H groups in total. The summed E-state index contributed by atoms with van der Waals surface area (Å²) in [5.74, 6) is 0. The molecule has 1 heteroatoms. The molecule has 0 bridgehead atoms. The Labute approximate surface area is 53.7 Å². The monoisotopic (exact) mass is 164 g/mol. The van der Waals surface area contributed by atoms with Gasteiger partial charge < -0.3 is 0 Å². The molecule has 0 amide bonds. The molecule has 7 heavy (non-hydrogen) atoms. The maximum absolute atomic E-state index is 2.99. The Morgan fingerprint density at radius 1 is 1.57 bits per heavy atom. The third kappa shape index (κ3) is 6.39. The number of hydrogen-bond acceptors (Lipinski definition) is 0.